The third-order valence-corrected chi connectivity index (χ3v) is 4.53. The topological polar surface area (TPSA) is 45.2 Å². The fourth-order valence-corrected chi connectivity index (χ4v) is 3.13. The molecule has 1 aromatic rings. The van der Waals surface area contributed by atoms with Crippen LogP contribution in [0.5, 0.6) is 0 Å². The molecule has 1 fully saturated rings. The van der Waals surface area contributed by atoms with Crippen LogP contribution in [-0.2, 0) is 11.3 Å². The van der Waals surface area contributed by atoms with Crippen LogP contribution in [0, 0.1) is 6.92 Å². The normalized spacial score (nSPS) is 15.4. The number of nitrogens with one attached hydrogen (secondary N) is 1. The summed E-state index contributed by atoms with van der Waals surface area (Å²) in [4.78, 5) is 18.3. The molecule has 5 heteroatoms. The van der Waals surface area contributed by atoms with Crippen molar-refractivity contribution >= 4 is 17.7 Å². The van der Waals surface area contributed by atoms with Gasteiger partial charge < -0.3 is 10.2 Å². The Morgan fingerprint density at radius 1 is 1.45 bits per heavy atom. The van der Waals surface area contributed by atoms with Gasteiger partial charge in [-0.05, 0) is 50.0 Å². The number of hydrogen-bond acceptors (Lipinski definition) is 4. The lowest BCUT2D eigenvalue weighted by molar-refractivity contribution is -0.118. The maximum atomic E-state index is 11.8. The summed E-state index contributed by atoms with van der Waals surface area (Å²) >= 11 is 1.72. The van der Waals surface area contributed by atoms with Crippen LogP contribution in [0.4, 0.5) is 0 Å². The largest absolute Gasteiger partial charge is 0.351 e. The maximum absolute atomic E-state index is 11.8. The van der Waals surface area contributed by atoms with Crippen LogP contribution >= 0.6 is 11.8 Å². The molecule has 20 heavy (non-hydrogen) atoms. The molecule has 2 rings (SSSR count). The first kappa shape index (κ1) is 15.3. The summed E-state index contributed by atoms with van der Waals surface area (Å²) in [7, 11) is 0. The summed E-state index contributed by atoms with van der Waals surface area (Å²) in [5, 5.41) is 2.97. The van der Waals surface area contributed by atoms with E-state index < -0.39 is 0 Å². The van der Waals surface area contributed by atoms with Crippen molar-refractivity contribution in [2.75, 3.05) is 31.1 Å². The molecule has 0 spiro atoms. The molecule has 0 unspecified atom stereocenters. The van der Waals surface area contributed by atoms with Gasteiger partial charge >= 0.3 is 0 Å². The molecule has 1 aromatic heterocycles. The molecule has 0 aliphatic carbocycles. The molecular weight excluding hydrogens is 270 g/mol. The number of aryl methyl sites for hydroxylation is 1. The van der Waals surface area contributed by atoms with E-state index >= 15 is 0 Å². The van der Waals surface area contributed by atoms with E-state index in [0.717, 1.165) is 23.4 Å². The van der Waals surface area contributed by atoms with Crippen LogP contribution in [0.2, 0.25) is 0 Å². The lowest BCUT2D eigenvalue weighted by atomic mass is 10.1. The van der Waals surface area contributed by atoms with Crippen LogP contribution in [-0.4, -0.2) is 46.9 Å². The van der Waals surface area contributed by atoms with Crippen molar-refractivity contribution < 1.29 is 4.79 Å². The molecule has 2 heterocycles. The highest BCUT2D eigenvalue weighted by Gasteiger charge is 2.10. The van der Waals surface area contributed by atoms with E-state index in [0.29, 0.717) is 12.3 Å². The van der Waals surface area contributed by atoms with Gasteiger partial charge in [-0.3, -0.25) is 9.78 Å². The van der Waals surface area contributed by atoms with Gasteiger partial charge in [0.25, 0.3) is 0 Å². The minimum absolute atomic E-state index is 0.118. The zero-order chi connectivity index (χ0) is 14.2. The Bertz CT molecular complexity index is 433. The summed E-state index contributed by atoms with van der Waals surface area (Å²) in [6, 6.07) is 1.95. The Morgan fingerprint density at radius 3 is 3.00 bits per heavy atom. The Morgan fingerprint density at radius 2 is 2.25 bits per heavy atom. The Hall–Kier alpha value is -1.07. The third kappa shape index (κ3) is 5.13. The Balaban J connectivity index is 1.57. The average Bonchev–Trinajstić information content (AvgIpc) is 2.96. The molecule has 0 saturated carbocycles. The number of hydrogen-bond donors (Lipinski definition) is 1. The van der Waals surface area contributed by atoms with Gasteiger partial charge in [0.2, 0.25) is 5.91 Å². The van der Waals surface area contributed by atoms with Crippen LogP contribution in [0.15, 0.2) is 18.5 Å². The zero-order valence-electron chi connectivity index (χ0n) is 12.1. The van der Waals surface area contributed by atoms with Gasteiger partial charge in [-0.15, -0.1) is 0 Å². The SMILES string of the molecule is Cc1cnccc1CNC(=O)CSCCN1CCCC1. The number of aromatic nitrogens is 1. The van der Waals surface area contributed by atoms with Gasteiger partial charge in [-0.1, -0.05) is 0 Å². The number of carbonyl (C=O) groups is 1. The maximum Gasteiger partial charge on any atom is 0.230 e. The summed E-state index contributed by atoms with van der Waals surface area (Å²) < 4.78 is 0. The van der Waals surface area contributed by atoms with E-state index in [2.05, 4.69) is 15.2 Å². The van der Waals surface area contributed by atoms with Crippen molar-refractivity contribution in [1.29, 1.82) is 0 Å². The number of thioether (sulfide) groups is 1. The fourth-order valence-electron chi connectivity index (χ4n) is 2.31. The van der Waals surface area contributed by atoms with Crippen molar-refractivity contribution in [2.45, 2.75) is 26.3 Å². The predicted molar refractivity (Wildman–Crippen MR) is 83.8 cm³/mol. The van der Waals surface area contributed by atoms with Gasteiger partial charge in [0.15, 0.2) is 0 Å². The molecule has 0 radical (unpaired) electrons. The van der Waals surface area contributed by atoms with Gasteiger partial charge in [-0.2, -0.15) is 11.8 Å². The Kier molecular flexibility index (Phi) is 6.33. The molecule has 0 aromatic carbocycles. The molecule has 1 aliphatic rings. The van der Waals surface area contributed by atoms with Gasteiger partial charge in [-0.25, -0.2) is 0 Å². The second-order valence-corrected chi connectivity index (χ2v) is 6.29. The molecule has 1 amide bonds. The summed E-state index contributed by atoms with van der Waals surface area (Å²) in [6.45, 7) is 6.18. The van der Waals surface area contributed by atoms with Crippen molar-refractivity contribution in [1.82, 2.24) is 15.2 Å². The number of likely N-dealkylation sites (tertiary alicyclic amines) is 1. The molecule has 110 valence electrons. The Labute approximate surface area is 125 Å². The van der Waals surface area contributed by atoms with E-state index in [1.807, 2.05) is 19.2 Å². The number of carbonyl (C=O) groups excluding carboxylic acids is 1. The van der Waals surface area contributed by atoms with E-state index in [9.17, 15) is 4.79 Å². The predicted octanol–water partition coefficient (Wildman–Crippen LogP) is 1.84. The molecular formula is C15H23N3OS. The number of amides is 1. The quantitative estimate of drug-likeness (QED) is 0.779. The van der Waals surface area contributed by atoms with Crippen LogP contribution in [0.1, 0.15) is 24.0 Å². The second-order valence-electron chi connectivity index (χ2n) is 5.18. The third-order valence-electron chi connectivity index (χ3n) is 3.60. The first-order valence-electron chi connectivity index (χ1n) is 7.22. The van der Waals surface area contributed by atoms with Crippen LogP contribution in [0.25, 0.3) is 0 Å². The van der Waals surface area contributed by atoms with Gasteiger partial charge in [0.05, 0.1) is 5.75 Å². The highest BCUT2D eigenvalue weighted by molar-refractivity contribution is 7.99. The number of nitrogens with zero attached hydrogens (tertiary/aromatic N) is 2. The molecule has 1 aliphatic heterocycles. The highest BCUT2D eigenvalue weighted by Crippen LogP contribution is 2.09. The molecule has 4 nitrogen and oxygen atoms in total. The van der Waals surface area contributed by atoms with Gasteiger partial charge in [0, 0.05) is 31.2 Å². The minimum Gasteiger partial charge on any atom is -0.351 e. The van der Waals surface area contributed by atoms with E-state index in [4.69, 9.17) is 0 Å². The van der Waals surface area contributed by atoms with Crippen molar-refractivity contribution in [3.63, 3.8) is 0 Å². The minimum atomic E-state index is 0.118. The van der Waals surface area contributed by atoms with Crippen molar-refractivity contribution in [3.05, 3.63) is 29.6 Å². The smallest absolute Gasteiger partial charge is 0.230 e. The lowest BCUT2D eigenvalue weighted by Gasteiger charge is -2.13. The number of pyridine rings is 1. The van der Waals surface area contributed by atoms with E-state index in [1.54, 1.807) is 18.0 Å². The number of rotatable bonds is 7. The standard InChI is InChI=1S/C15H23N3OS/c1-13-10-16-5-4-14(13)11-17-15(19)12-20-9-8-18-6-2-3-7-18/h4-5,10H,2-3,6-9,11-12H2,1H3,(H,17,19). The summed E-state index contributed by atoms with van der Waals surface area (Å²) in [5.41, 5.74) is 2.25. The van der Waals surface area contributed by atoms with Crippen molar-refractivity contribution in [2.24, 2.45) is 0 Å². The van der Waals surface area contributed by atoms with Crippen LogP contribution in [0.3, 0.4) is 0 Å². The summed E-state index contributed by atoms with van der Waals surface area (Å²) in [6.07, 6.45) is 6.25. The monoisotopic (exact) mass is 293 g/mol. The lowest BCUT2D eigenvalue weighted by Crippen LogP contribution is -2.26. The first-order chi connectivity index (χ1) is 9.75. The molecule has 0 atom stereocenters. The van der Waals surface area contributed by atoms with Crippen molar-refractivity contribution in [3.8, 4) is 0 Å². The van der Waals surface area contributed by atoms with Gasteiger partial charge in [0.1, 0.15) is 0 Å². The average molecular weight is 293 g/mol. The molecule has 1 saturated heterocycles. The molecule has 1 N–H and O–H groups in total. The van der Waals surface area contributed by atoms with Crippen LogP contribution < -0.4 is 5.32 Å². The first-order valence-corrected chi connectivity index (χ1v) is 8.37. The molecule has 0 bridgehead atoms. The second kappa shape index (κ2) is 8.27. The fraction of sp³-hybridized carbons (Fsp3) is 0.600. The zero-order valence-corrected chi connectivity index (χ0v) is 12.9. The highest BCUT2D eigenvalue weighted by atomic mass is 32.2. The van der Waals surface area contributed by atoms with E-state index in [-0.39, 0.29) is 5.91 Å². The van der Waals surface area contributed by atoms with E-state index in [1.165, 1.54) is 25.9 Å². The summed E-state index contributed by atoms with van der Waals surface area (Å²) in [5.74, 6) is 1.72.